The van der Waals surface area contributed by atoms with Crippen LogP contribution in [0.1, 0.15) is 0 Å². The van der Waals surface area contributed by atoms with Crippen molar-refractivity contribution in [2.75, 3.05) is 19.0 Å². The van der Waals surface area contributed by atoms with Crippen molar-refractivity contribution in [3.63, 3.8) is 0 Å². The van der Waals surface area contributed by atoms with Crippen LogP contribution in [-0.2, 0) is 9.53 Å². The van der Waals surface area contributed by atoms with E-state index in [0.717, 1.165) is 11.1 Å². The van der Waals surface area contributed by atoms with E-state index in [1.54, 1.807) is 0 Å². The van der Waals surface area contributed by atoms with E-state index < -0.39 is 0 Å². The number of para-hydroxylation sites is 2. The van der Waals surface area contributed by atoms with Crippen LogP contribution in [0, 0.1) is 0 Å². The first-order valence-corrected chi connectivity index (χ1v) is 6.65. The van der Waals surface area contributed by atoms with E-state index in [-0.39, 0.29) is 11.9 Å². The second-order valence-corrected chi connectivity index (χ2v) is 4.96. The Morgan fingerprint density at radius 2 is 2.28 bits per heavy atom. The summed E-state index contributed by atoms with van der Waals surface area (Å²) in [5.41, 5.74) is 1.56. The molecular weight excluding hydrogens is 252 g/mol. The van der Waals surface area contributed by atoms with Crippen molar-refractivity contribution >= 4 is 28.8 Å². The minimum atomic E-state index is -0.0180. The summed E-state index contributed by atoms with van der Waals surface area (Å²) in [6, 6.07) is 7.71. The second kappa shape index (κ2) is 4.99. The molecule has 1 N–H and O–H groups in total. The van der Waals surface area contributed by atoms with Gasteiger partial charge >= 0.3 is 0 Å². The molecule has 0 aliphatic carbocycles. The zero-order valence-corrected chi connectivity index (χ0v) is 10.4. The zero-order valence-electron chi connectivity index (χ0n) is 9.59. The highest BCUT2D eigenvalue weighted by Crippen LogP contribution is 2.22. The molecule has 0 bridgehead atoms. The number of carbonyl (C=O) groups is 1. The third-order valence-corrected chi connectivity index (χ3v) is 3.43. The highest BCUT2D eigenvalue weighted by Gasteiger charge is 2.20. The van der Waals surface area contributed by atoms with Gasteiger partial charge in [0.15, 0.2) is 5.58 Å². The fourth-order valence-corrected chi connectivity index (χ4v) is 2.28. The molecule has 6 heteroatoms. The Kier molecular flexibility index (Phi) is 3.21. The summed E-state index contributed by atoms with van der Waals surface area (Å²) in [6.45, 7) is 1.22. The molecule has 18 heavy (non-hydrogen) atoms. The lowest BCUT2D eigenvalue weighted by molar-refractivity contribution is -0.122. The van der Waals surface area contributed by atoms with Gasteiger partial charge in [0, 0.05) is 0 Å². The van der Waals surface area contributed by atoms with Gasteiger partial charge in [0.25, 0.3) is 5.22 Å². The number of fused-ring (bicyclic) bond motifs is 1. The zero-order chi connectivity index (χ0) is 12.4. The van der Waals surface area contributed by atoms with E-state index in [2.05, 4.69) is 10.3 Å². The summed E-state index contributed by atoms with van der Waals surface area (Å²) in [4.78, 5) is 15.9. The number of oxazole rings is 1. The molecule has 1 amide bonds. The number of nitrogens with one attached hydrogen (secondary N) is 1. The van der Waals surface area contributed by atoms with Gasteiger partial charge in [-0.15, -0.1) is 0 Å². The molecular formula is C12H12N2O3S. The number of benzene rings is 1. The first-order valence-electron chi connectivity index (χ1n) is 5.67. The Hall–Kier alpha value is -1.53. The SMILES string of the molecule is O=C(CSc1nc2ccccc2o1)NC1COC1. The standard InChI is InChI=1S/C12H12N2O3S/c15-11(13-8-5-16-6-8)7-18-12-14-9-3-1-2-4-10(9)17-12/h1-4,8H,5-7H2,(H,13,15). The highest BCUT2D eigenvalue weighted by atomic mass is 32.2. The number of nitrogens with zero attached hydrogens (tertiary/aromatic N) is 1. The van der Waals surface area contributed by atoms with Crippen LogP contribution in [0.3, 0.4) is 0 Å². The molecule has 1 fully saturated rings. The topological polar surface area (TPSA) is 64.4 Å². The van der Waals surface area contributed by atoms with E-state index in [1.807, 2.05) is 24.3 Å². The van der Waals surface area contributed by atoms with Crippen LogP contribution in [0.25, 0.3) is 11.1 Å². The number of amides is 1. The maximum absolute atomic E-state index is 11.6. The van der Waals surface area contributed by atoms with Crippen molar-refractivity contribution < 1.29 is 13.9 Å². The summed E-state index contributed by atoms with van der Waals surface area (Å²) < 4.78 is 10.5. The fraction of sp³-hybridized carbons (Fsp3) is 0.333. The van der Waals surface area contributed by atoms with Crippen LogP contribution in [0.2, 0.25) is 0 Å². The average Bonchev–Trinajstić information content (AvgIpc) is 2.74. The van der Waals surface area contributed by atoms with Gasteiger partial charge in [0.05, 0.1) is 25.0 Å². The molecule has 1 aromatic carbocycles. The Morgan fingerprint density at radius 1 is 1.44 bits per heavy atom. The smallest absolute Gasteiger partial charge is 0.257 e. The van der Waals surface area contributed by atoms with Gasteiger partial charge in [-0.3, -0.25) is 4.79 Å². The van der Waals surface area contributed by atoms with Crippen molar-refractivity contribution in [3.05, 3.63) is 24.3 Å². The van der Waals surface area contributed by atoms with Crippen LogP contribution in [-0.4, -0.2) is 35.9 Å². The monoisotopic (exact) mass is 264 g/mol. The van der Waals surface area contributed by atoms with Gasteiger partial charge in [-0.1, -0.05) is 23.9 Å². The summed E-state index contributed by atoms with van der Waals surface area (Å²) >= 11 is 1.30. The minimum absolute atomic E-state index is 0.0180. The maximum Gasteiger partial charge on any atom is 0.257 e. The predicted molar refractivity (Wildman–Crippen MR) is 67.5 cm³/mol. The first-order chi connectivity index (χ1) is 8.81. The lowest BCUT2D eigenvalue weighted by Gasteiger charge is -2.26. The number of carbonyl (C=O) groups excluding carboxylic acids is 1. The van der Waals surface area contributed by atoms with Crippen LogP contribution in [0.15, 0.2) is 33.9 Å². The molecule has 2 heterocycles. The van der Waals surface area contributed by atoms with Crippen molar-refractivity contribution in [3.8, 4) is 0 Å². The van der Waals surface area contributed by atoms with E-state index in [0.29, 0.717) is 24.2 Å². The van der Waals surface area contributed by atoms with Crippen molar-refractivity contribution in [2.24, 2.45) is 0 Å². The van der Waals surface area contributed by atoms with Gasteiger partial charge < -0.3 is 14.5 Å². The normalized spacial score (nSPS) is 15.6. The minimum Gasteiger partial charge on any atom is -0.431 e. The highest BCUT2D eigenvalue weighted by molar-refractivity contribution is 7.99. The molecule has 0 atom stereocenters. The quantitative estimate of drug-likeness (QED) is 0.846. The lowest BCUT2D eigenvalue weighted by Crippen LogP contribution is -2.49. The first kappa shape index (κ1) is 11.6. The van der Waals surface area contributed by atoms with Crippen molar-refractivity contribution in [1.29, 1.82) is 0 Å². The number of aromatic nitrogens is 1. The lowest BCUT2D eigenvalue weighted by atomic mass is 10.2. The molecule has 1 aromatic heterocycles. The molecule has 3 rings (SSSR count). The Bertz CT molecular complexity index is 532. The average molecular weight is 264 g/mol. The number of hydrogen-bond acceptors (Lipinski definition) is 5. The number of rotatable bonds is 4. The van der Waals surface area contributed by atoms with Crippen molar-refractivity contribution in [2.45, 2.75) is 11.3 Å². The third-order valence-electron chi connectivity index (χ3n) is 2.60. The number of thioether (sulfide) groups is 1. The van der Waals surface area contributed by atoms with E-state index >= 15 is 0 Å². The van der Waals surface area contributed by atoms with Gasteiger partial charge in [-0.25, -0.2) is 4.98 Å². The van der Waals surface area contributed by atoms with Crippen molar-refractivity contribution in [1.82, 2.24) is 10.3 Å². The van der Waals surface area contributed by atoms with Gasteiger partial charge in [0.1, 0.15) is 5.52 Å². The Labute approximate surface area is 108 Å². The van der Waals surface area contributed by atoms with Crippen LogP contribution >= 0.6 is 11.8 Å². The molecule has 94 valence electrons. The van der Waals surface area contributed by atoms with E-state index in [4.69, 9.17) is 9.15 Å². The van der Waals surface area contributed by atoms with Gasteiger partial charge in [-0.2, -0.15) is 0 Å². The molecule has 1 aliphatic heterocycles. The van der Waals surface area contributed by atoms with Crippen LogP contribution in [0.4, 0.5) is 0 Å². The fourth-order valence-electron chi connectivity index (χ4n) is 1.63. The van der Waals surface area contributed by atoms with E-state index in [9.17, 15) is 4.79 Å². The van der Waals surface area contributed by atoms with Crippen LogP contribution < -0.4 is 5.32 Å². The number of ether oxygens (including phenoxy) is 1. The molecule has 0 saturated carbocycles. The molecule has 0 unspecified atom stereocenters. The van der Waals surface area contributed by atoms with Gasteiger partial charge in [0.2, 0.25) is 5.91 Å². The second-order valence-electron chi connectivity index (χ2n) is 4.04. The Morgan fingerprint density at radius 3 is 3.00 bits per heavy atom. The predicted octanol–water partition coefficient (Wildman–Crippen LogP) is 1.43. The molecule has 1 saturated heterocycles. The summed E-state index contributed by atoms with van der Waals surface area (Å²) in [7, 11) is 0. The number of hydrogen-bond donors (Lipinski definition) is 1. The molecule has 5 nitrogen and oxygen atoms in total. The molecule has 2 aromatic rings. The summed E-state index contributed by atoms with van der Waals surface area (Å²) in [6.07, 6.45) is 0. The van der Waals surface area contributed by atoms with Gasteiger partial charge in [-0.05, 0) is 12.1 Å². The molecule has 0 spiro atoms. The third kappa shape index (κ3) is 2.49. The summed E-state index contributed by atoms with van der Waals surface area (Å²) in [5, 5.41) is 3.39. The summed E-state index contributed by atoms with van der Waals surface area (Å²) in [5.74, 6) is 0.291. The maximum atomic E-state index is 11.6. The largest absolute Gasteiger partial charge is 0.431 e. The van der Waals surface area contributed by atoms with E-state index in [1.165, 1.54) is 11.8 Å². The molecule has 0 radical (unpaired) electrons. The molecule has 1 aliphatic rings. The Balaban J connectivity index is 1.57. The van der Waals surface area contributed by atoms with Crippen LogP contribution in [0.5, 0.6) is 0 Å².